The van der Waals surface area contributed by atoms with Crippen molar-refractivity contribution in [3.63, 3.8) is 0 Å². The van der Waals surface area contributed by atoms with Crippen LogP contribution in [0.3, 0.4) is 0 Å². The van der Waals surface area contributed by atoms with Gasteiger partial charge in [0, 0.05) is 49.9 Å². The Morgan fingerprint density at radius 1 is 0.979 bits per heavy atom. The lowest BCUT2D eigenvalue weighted by molar-refractivity contribution is -0.112. The number of aryl methyl sites for hydroxylation is 1. The van der Waals surface area contributed by atoms with Crippen molar-refractivity contribution in [2.75, 3.05) is 43.1 Å². The average Bonchev–Trinajstić information content (AvgIpc) is 3.46. The van der Waals surface area contributed by atoms with E-state index in [1.165, 1.54) is 0 Å². The number of unbranched alkanes of at least 4 members (excludes halogenated alkanes) is 1. The molecular formula is C39H49N5O3S. The molecule has 8 nitrogen and oxygen atoms in total. The first-order valence-corrected chi connectivity index (χ1v) is 18.2. The van der Waals surface area contributed by atoms with Crippen molar-refractivity contribution in [1.82, 2.24) is 14.5 Å². The monoisotopic (exact) mass is 667 g/mol. The lowest BCUT2D eigenvalue weighted by atomic mass is 10.00. The second-order valence-corrected chi connectivity index (χ2v) is 13.5. The topological polar surface area (TPSA) is 81.5 Å². The fourth-order valence-electron chi connectivity index (χ4n) is 5.71. The number of fused-ring (bicyclic) bond motifs is 1. The SMILES string of the molecule is CCCCOCCOc1ccc(-c2ccc3c(c2)C=C(C(=O)Nc2ccc(SCc4nccn4CCC)nc2)CCN3CC(C)C)cc1. The summed E-state index contributed by atoms with van der Waals surface area (Å²) in [5.41, 5.74) is 5.84. The van der Waals surface area contributed by atoms with Gasteiger partial charge in [-0.2, -0.15) is 0 Å². The Bertz CT molecular complexity index is 1630. The number of anilines is 2. The van der Waals surface area contributed by atoms with E-state index >= 15 is 0 Å². The van der Waals surface area contributed by atoms with Gasteiger partial charge >= 0.3 is 0 Å². The molecule has 2 aromatic carbocycles. The van der Waals surface area contributed by atoms with Gasteiger partial charge in [-0.05, 0) is 84.3 Å². The number of benzene rings is 2. The van der Waals surface area contributed by atoms with Crippen LogP contribution < -0.4 is 15.0 Å². The van der Waals surface area contributed by atoms with Crippen molar-refractivity contribution in [1.29, 1.82) is 0 Å². The van der Waals surface area contributed by atoms with E-state index in [-0.39, 0.29) is 5.91 Å². The first-order chi connectivity index (χ1) is 23.4. The molecule has 2 aromatic heterocycles. The molecule has 5 rings (SSSR count). The molecule has 1 amide bonds. The number of aromatic nitrogens is 3. The number of hydrogen-bond donors (Lipinski definition) is 1. The highest BCUT2D eigenvalue weighted by Crippen LogP contribution is 2.34. The lowest BCUT2D eigenvalue weighted by Gasteiger charge is -2.27. The van der Waals surface area contributed by atoms with Crippen LogP contribution in [0.4, 0.5) is 11.4 Å². The Kier molecular flexibility index (Phi) is 13.1. The van der Waals surface area contributed by atoms with Crippen LogP contribution in [0.25, 0.3) is 17.2 Å². The standard InChI is InChI=1S/C39H49N5O3S/c1-5-7-21-46-22-23-47-35-12-8-30(9-13-35)31-10-14-36-33(24-31)25-32(16-19-44(36)27-29(3)4)39(45)42-34-11-15-38(41-26-34)48-28-37-40-17-20-43(37)18-6-2/h8-15,17,20,24-26,29H,5-7,16,18-19,21-23,27-28H2,1-4H3,(H,42,45). The highest BCUT2D eigenvalue weighted by molar-refractivity contribution is 7.98. The van der Waals surface area contributed by atoms with Gasteiger partial charge in [-0.3, -0.25) is 4.79 Å². The zero-order valence-corrected chi connectivity index (χ0v) is 29.6. The fraction of sp³-hybridized carbons (Fsp3) is 0.410. The van der Waals surface area contributed by atoms with Crippen molar-refractivity contribution in [2.24, 2.45) is 5.92 Å². The molecule has 0 spiro atoms. The third kappa shape index (κ3) is 9.97. The normalized spacial score (nSPS) is 12.9. The smallest absolute Gasteiger partial charge is 0.251 e. The molecule has 0 fully saturated rings. The van der Waals surface area contributed by atoms with Crippen LogP contribution in [0.15, 0.2) is 83.8 Å². The van der Waals surface area contributed by atoms with E-state index in [1.807, 2.05) is 36.7 Å². The van der Waals surface area contributed by atoms with E-state index in [4.69, 9.17) is 9.47 Å². The highest BCUT2D eigenvalue weighted by atomic mass is 32.2. The maximum atomic E-state index is 13.6. The van der Waals surface area contributed by atoms with Crippen LogP contribution in [-0.4, -0.2) is 53.4 Å². The Balaban J connectivity index is 1.26. The van der Waals surface area contributed by atoms with Crippen molar-refractivity contribution in [3.05, 3.63) is 90.1 Å². The number of ether oxygens (including phenoxy) is 2. The van der Waals surface area contributed by atoms with Gasteiger partial charge in [0.05, 0.1) is 29.3 Å². The molecule has 254 valence electrons. The van der Waals surface area contributed by atoms with Gasteiger partial charge in [-0.1, -0.05) is 64.1 Å². The third-order valence-electron chi connectivity index (χ3n) is 8.16. The van der Waals surface area contributed by atoms with Crippen LogP contribution >= 0.6 is 11.8 Å². The van der Waals surface area contributed by atoms with Crippen molar-refractivity contribution in [2.45, 2.75) is 70.7 Å². The minimum atomic E-state index is -0.0956. The van der Waals surface area contributed by atoms with Gasteiger partial charge in [-0.15, -0.1) is 0 Å². The minimum Gasteiger partial charge on any atom is -0.491 e. The number of nitrogens with one attached hydrogen (secondary N) is 1. The van der Waals surface area contributed by atoms with E-state index in [0.29, 0.717) is 31.2 Å². The molecule has 0 bridgehead atoms. The van der Waals surface area contributed by atoms with E-state index in [2.05, 4.69) is 88.9 Å². The summed E-state index contributed by atoms with van der Waals surface area (Å²) in [5.74, 6) is 3.02. The predicted molar refractivity (Wildman–Crippen MR) is 198 cm³/mol. The molecule has 9 heteroatoms. The number of nitrogens with zero attached hydrogens (tertiary/aromatic N) is 4. The van der Waals surface area contributed by atoms with Crippen LogP contribution in [-0.2, 0) is 21.8 Å². The summed E-state index contributed by atoms with van der Waals surface area (Å²) in [7, 11) is 0. The molecule has 0 atom stereocenters. The van der Waals surface area contributed by atoms with Gasteiger partial charge in [0.2, 0.25) is 0 Å². The summed E-state index contributed by atoms with van der Waals surface area (Å²) in [6, 6.07) is 18.6. The summed E-state index contributed by atoms with van der Waals surface area (Å²) in [5, 5.41) is 3.99. The Morgan fingerprint density at radius 2 is 1.81 bits per heavy atom. The molecule has 0 aliphatic carbocycles. The van der Waals surface area contributed by atoms with E-state index in [0.717, 1.165) is 95.8 Å². The zero-order chi connectivity index (χ0) is 33.7. The Labute approximate surface area is 290 Å². The first kappa shape index (κ1) is 35.2. The molecule has 1 N–H and O–H groups in total. The molecule has 1 aliphatic rings. The second-order valence-electron chi connectivity index (χ2n) is 12.5. The number of pyridine rings is 1. The molecule has 0 radical (unpaired) electrons. The van der Waals surface area contributed by atoms with Crippen molar-refractivity contribution < 1.29 is 14.3 Å². The van der Waals surface area contributed by atoms with Crippen LogP contribution in [0.1, 0.15) is 64.8 Å². The van der Waals surface area contributed by atoms with Crippen molar-refractivity contribution >= 4 is 35.1 Å². The van der Waals surface area contributed by atoms with Gasteiger partial charge in [0.1, 0.15) is 18.2 Å². The van der Waals surface area contributed by atoms with E-state index in [9.17, 15) is 4.79 Å². The Morgan fingerprint density at radius 3 is 2.56 bits per heavy atom. The fourth-order valence-corrected chi connectivity index (χ4v) is 6.52. The molecule has 0 saturated carbocycles. The van der Waals surface area contributed by atoms with Gasteiger partial charge in [0.15, 0.2) is 0 Å². The molecule has 48 heavy (non-hydrogen) atoms. The first-order valence-electron chi connectivity index (χ1n) is 17.2. The largest absolute Gasteiger partial charge is 0.491 e. The average molecular weight is 668 g/mol. The quantitative estimate of drug-likeness (QED) is 0.0891. The minimum absolute atomic E-state index is 0.0956. The van der Waals surface area contributed by atoms with Crippen LogP contribution in [0.5, 0.6) is 5.75 Å². The maximum Gasteiger partial charge on any atom is 0.251 e. The summed E-state index contributed by atoms with van der Waals surface area (Å²) < 4.78 is 13.7. The third-order valence-corrected chi connectivity index (χ3v) is 9.10. The molecule has 0 saturated heterocycles. The second kappa shape index (κ2) is 17.9. The van der Waals surface area contributed by atoms with Gasteiger partial charge < -0.3 is 24.3 Å². The number of imidazole rings is 1. The maximum absolute atomic E-state index is 13.6. The predicted octanol–water partition coefficient (Wildman–Crippen LogP) is 8.73. The summed E-state index contributed by atoms with van der Waals surface area (Å²) in [6.07, 6.45) is 11.6. The zero-order valence-electron chi connectivity index (χ0n) is 28.8. The Hall–Kier alpha value is -4.08. The van der Waals surface area contributed by atoms with Crippen LogP contribution in [0, 0.1) is 5.92 Å². The number of carbonyl (C=O) groups excluding carboxylic acids is 1. The lowest BCUT2D eigenvalue weighted by Crippen LogP contribution is -2.29. The van der Waals surface area contributed by atoms with Crippen LogP contribution in [0.2, 0.25) is 0 Å². The number of amides is 1. The van der Waals surface area contributed by atoms with Gasteiger partial charge in [0.25, 0.3) is 5.91 Å². The molecule has 3 heterocycles. The highest BCUT2D eigenvalue weighted by Gasteiger charge is 2.21. The van der Waals surface area contributed by atoms with E-state index in [1.54, 1.807) is 18.0 Å². The molecule has 0 unspecified atom stereocenters. The molecule has 1 aliphatic heterocycles. The van der Waals surface area contributed by atoms with Gasteiger partial charge in [-0.25, -0.2) is 9.97 Å². The summed E-state index contributed by atoms with van der Waals surface area (Å²) in [4.78, 5) is 25.1. The van der Waals surface area contributed by atoms with Crippen molar-refractivity contribution in [3.8, 4) is 16.9 Å². The number of hydrogen-bond acceptors (Lipinski definition) is 7. The number of rotatable bonds is 17. The number of thioether (sulfide) groups is 1. The molecule has 4 aromatic rings. The summed E-state index contributed by atoms with van der Waals surface area (Å²) in [6.45, 7) is 13.4. The number of carbonyl (C=O) groups is 1. The van der Waals surface area contributed by atoms with E-state index < -0.39 is 0 Å². The summed E-state index contributed by atoms with van der Waals surface area (Å²) >= 11 is 1.64. The molecular weight excluding hydrogens is 619 g/mol.